The van der Waals surface area contributed by atoms with Crippen molar-refractivity contribution >= 4 is 5.69 Å². The summed E-state index contributed by atoms with van der Waals surface area (Å²) in [5.74, 6) is 4.96. The lowest BCUT2D eigenvalue weighted by atomic mass is 10.2. The molecule has 1 aliphatic rings. The number of rotatable bonds is 1. The summed E-state index contributed by atoms with van der Waals surface area (Å²) in [4.78, 5) is 5.99. The van der Waals surface area contributed by atoms with Crippen LogP contribution in [0.4, 0.5) is 10.1 Å². The highest BCUT2D eigenvalue weighted by Crippen LogP contribution is 2.17. The summed E-state index contributed by atoms with van der Waals surface area (Å²) in [6, 6.07) is 1.78. The quantitative estimate of drug-likeness (QED) is 0.587. The molecule has 3 nitrogen and oxygen atoms in total. The number of nitrogens with zero attached hydrogens (tertiary/aromatic N) is 2. The SMILES string of the molecule is CC#Cc1cc(N2CCCNCC2)cnc1F. The first-order valence-electron chi connectivity index (χ1n) is 5.85. The Balaban J connectivity index is 2.24. The Morgan fingerprint density at radius 1 is 1.41 bits per heavy atom. The molecular weight excluding hydrogens is 217 g/mol. The summed E-state index contributed by atoms with van der Waals surface area (Å²) in [7, 11) is 0. The molecule has 4 heteroatoms. The molecule has 90 valence electrons. The average Bonchev–Trinajstić information content (AvgIpc) is 2.61. The number of anilines is 1. The lowest BCUT2D eigenvalue weighted by Gasteiger charge is -2.21. The topological polar surface area (TPSA) is 28.2 Å². The fourth-order valence-corrected chi connectivity index (χ4v) is 1.94. The normalized spacial score (nSPS) is 16.0. The number of nitrogens with one attached hydrogen (secondary N) is 1. The van der Waals surface area contributed by atoms with Gasteiger partial charge in [-0.1, -0.05) is 5.92 Å². The Hall–Kier alpha value is -1.60. The molecule has 0 saturated carbocycles. The maximum Gasteiger partial charge on any atom is 0.228 e. The Bertz CT molecular complexity index is 440. The average molecular weight is 233 g/mol. The fraction of sp³-hybridized carbons (Fsp3) is 0.462. The maximum absolute atomic E-state index is 13.4. The predicted octanol–water partition coefficient (Wildman–Crippen LogP) is 1.39. The van der Waals surface area contributed by atoms with Crippen LogP contribution < -0.4 is 10.2 Å². The zero-order chi connectivity index (χ0) is 12.1. The van der Waals surface area contributed by atoms with Gasteiger partial charge in [0.1, 0.15) is 0 Å². The van der Waals surface area contributed by atoms with E-state index in [-0.39, 0.29) is 0 Å². The van der Waals surface area contributed by atoms with Gasteiger partial charge < -0.3 is 10.2 Å². The second-order valence-corrected chi connectivity index (χ2v) is 4.00. The van der Waals surface area contributed by atoms with Crippen molar-refractivity contribution in [3.63, 3.8) is 0 Å². The van der Waals surface area contributed by atoms with Gasteiger partial charge in [-0.15, -0.1) is 5.92 Å². The van der Waals surface area contributed by atoms with Gasteiger partial charge in [-0.2, -0.15) is 4.39 Å². The highest BCUT2D eigenvalue weighted by molar-refractivity contribution is 5.50. The van der Waals surface area contributed by atoms with Gasteiger partial charge in [-0.25, -0.2) is 4.98 Å². The molecule has 1 fully saturated rings. The first kappa shape index (κ1) is 11.9. The van der Waals surface area contributed by atoms with E-state index >= 15 is 0 Å². The lowest BCUT2D eigenvalue weighted by molar-refractivity contribution is 0.579. The van der Waals surface area contributed by atoms with Crippen molar-refractivity contribution in [1.29, 1.82) is 0 Å². The van der Waals surface area contributed by atoms with Crippen molar-refractivity contribution < 1.29 is 4.39 Å². The van der Waals surface area contributed by atoms with Crippen LogP contribution in [-0.4, -0.2) is 31.2 Å². The number of hydrogen-bond acceptors (Lipinski definition) is 3. The second-order valence-electron chi connectivity index (χ2n) is 4.00. The van der Waals surface area contributed by atoms with E-state index in [1.54, 1.807) is 19.2 Å². The molecular formula is C13H16FN3. The van der Waals surface area contributed by atoms with Crippen LogP contribution in [0.25, 0.3) is 0 Å². The minimum Gasteiger partial charge on any atom is -0.369 e. The fourth-order valence-electron chi connectivity index (χ4n) is 1.94. The van der Waals surface area contributed by atoms with Crippen LogP contribution >= 0.6 is 0 Å². The summed E-state index contributed by atoms with van der Waals surface area (Å²) >= 11 is 0. The van der Waals surface area contributed by atoms with Gasteiger partial charge in [0.15, 0.2) is 0 Å². The van der Waals surface area contributed by atoms with E-state index < -0.39 is 5.95 Å². The van der Waals surface area contributed by atoms with E-state index in [1.807, 2.05) is 0 Å². The summed E-state index contributed by atoms with van der Waals surface area (Å²) < 4.78 is 13.4. The molecule has 2 rings (SSSR count). The van der Waals surface area contributed by atoms with E-state index in [1.165, 1.54) is 0 Å². The molecule has 1 N–H and O–H groups in total. The van der Waals surface area contributed by atoms with Crippen LogP contribution in [0, 0.1) is 17.8 Å². The van der Waals surface area contributed by atoms with Gasteiger partial charge in [-0.05, 0) is 26.0 Å². The maximum atomic E-state index is 13.4. The van der Waals surface area contributed by atoms with Crippen molar-refractivity contribution in [3.05, 3.63) is 23.8 Å². The molecule has 0 amide bonds. The Kier molecular flexibility index (Phi) is 3.94. The zero-order valence-electron chi connectivity index (χ0n) is 9.96. The van der Waals surface area contributed by atoms with Gasteiger partial charge in [0.2, 0.25) is 5.95 Å². The van der Waals surface area contributed by atoms with Crippen molar-refractivity contribution in [2.45, 2.75) is 13.3 Å². The third-order valence-corrected chi connectivity index (χ3v) is 2.79. The molecule has 0 spiro atoms. The van der Waals surface area contributed by atoms with Crippen LogP contribution in [0.2, 0.25) is 0 Å². The summed E-state index contributed by atoms with van der Waals surface area (Å²) in [5.41, 5.74) is 1.33. The lowest BCUT2D eigenvalue weighted by Crippen LogP contribution is -2.28. The van der Waals surface area contributed by atoms with Gasteiger partial charge in [-0.3, -0.25) is 0 Å². The molecule has 1 aromatic rings. The van der Waals surface area contributed by atoms with Crippen LogP contribution in [-0.2, 0) is 0 Å². The van der Waals surface area contributed by atoms with Crippen molar-refractivity contribution in [1.82, 2.24) is 10.3 Å². The highest BCUT2D eigenvalue weighted by atomic mass is 19.1. The second kappa shape index (κ2) is 5.65. The van der Waals surface area contributed by atoms with Gasteiger partial charge >= 0.3 is 0 Å². The third-order valence-electron chi connectivity index (χ3n) is 2.79. The molecule has 0 bridgehead atoms. The number of hydrogen-bond donors (Lipinski definition) is 1. The standard InChI is InChI=1S/C13H16FN3/c1-2-4-11-9-12(10-16-13(11)14)17-7-3-5-15-6-8-17/h9-10,15H,3,5-8H2,1H3. The first-order chi connectivity index (χ1) is 8.31. The molecule has 1 saturated heterocycles. The third kappa shape index (κ3) is 2.95. The molecule has 0 aromatic carbocycles. The minimum absolute atomic E-state index is 0.377. The van der Waals surface area contributed by atoms with E-state index in [0.29, 0.717) is 5.56 Å². The molecule has 0 unspecified atom stereocenters. The van der Waals surface area contributed by atoms with Crippen LogP contribution in [0.5, 0.6) is 0 Å². The molecule has 17 heavy (non-hydrogen) atoms. The van der Waals surface area contributed by atoms with Crippen molar-refractivity contribution in [2.75, 3.05) is 31.1 Å². The van der Waals surface area contributed by atoms with Gasteiger partial charge in [0.05, 0.1) is 17.4 Å². The Morgan fingerprint density at radius 3 is 3.12 bits per heavy atom. The number of aromatic nitrogens is 1. The summed E-state index contributed by atoms with van der Waals surface area (Å²) in [5, 5.41) is 3.33. The number of pyridine rings is 1. The van der Waals surface area contributed by atoms with E-state index in [9.17, 15) is 4.39 Å². The van der Waals surface area contributed by atoms with Gasteiger partial charge in [0.25, 0.3) is 0 Å². The van der Waals surface area contributed by atoms with Crippen LogP contribution in [0.15, 0.2) is 12.3 Å². The molecule has 0 atom stereocenters. The number of halogens is 1. The van der Waals surface area contributed by atoms with Crippen molar-refractivity contribution in [2.24, 2.45) is 0 Å². The summed E-state index contributed by atoms with van der Waals surface area (Å²) in [6.45, 7) is 5.58. The zero-order valence-corrected chi connectivity index (χ0v) is 9.96. The minimum atomic E-state index is -0.490. The largest absolute Gasteiger partial charge is 0.369 e. The molecule has 0 aliphatic carbocycles. The Labute approximate surface area is 101 Å². The molecule has 0 radical (unpaired) electrons. The molecule has 1 aromatic heterocycles. The van der Waals surface area contributed by atoms with Crippen LogP contribution in [0.1, 0.15) is 18.9 Å². The first-order valence-corrected chi connectivity index (χ1v) is 5.85. The van der Waals surface area contributed by atoms with E-state index in [4.69, 9.17) is 0 Å². The Morgan fingerprint density at radius 2 is 2.29 bits per heavy atom. The molecule has 2 heterocycles. The predicted molar refractivity (Wildman–Crippen MR) is 66.4 cm³/mol. The van der Waals surface area contributed by atoms with Crippen molar-refractivity contribution in [3.8, 4) is 11.8 Å². The van der Waals surface area contributed by atoms with Crippen LogP contribution in [0.3, 0.4) is 0 Å². The van der Waals surface area contributed by atoms with Gasteiger partial charge in [0, 0.05) is 19.6 Å². The van der Waals surface area contributed by atoms with E-state index in [0.717, 1.165) is 38.3 Å². The van der Waals surface area contributed by atoms with E-state index in [2.05, 4.69) is 27.0 Å². The summed E-state index contributed by atoms with van der Waals surface area (Å²) in [6.07, 6.45) is 2.67. The molecule has 1 aliphatic heterocycles. The monoisotopic (exact) mass is 233 g/mol. The highest BCUT2D eigenvalue weighted by Gasteiger charge is 2.11. The smallest absolute Gasteiger partial charge is 0.228 e.